The second-order valence-corrected chi connectivity index (χ2v) is 2.37. The van der Waals surface area contributed by atoms with Crippen LogP contribution in [-0.4, -0.2) is 29.3 Å². The molecule has 0 aliphatic heterocycles. The Hall–Kier alpha value is -0.610. The molecule has 70 valence electrons. The first kappa shape index (κ1) is 16.8. The van der Waals surface area contributed by atoms with Crippen LogP contribution in [0.5, 0.6) is 0 Å². The summed E-state index contributed by atoms with van der Waals surface area (Å²) in [6, 6.07) is 0. The van der Waals surface area contributed by atoms with Crippen LogP contribution in [0.15, 0.2) is 0 Å². The van der Waals surface area contributed by atoms with E-state index in [1.807, 2.05) is 0 Å². The van der Waals surface area contributed by atoms with Crippen LogP contribution in [0.4, 0.5) is 0 Å². The summed E-state index contributed by atoms with van der Waals surface area (Å²) in [5.74, 6) is 0. The Bertz CT molecular complexity index is 68.1. The van der Waals surface area contributed by atoms with E-state index in [1.54, 1.807) is 27.7 Å². The topological polar surface area (TPSA) is 78.0 Å². The average molecular weight is 166 g/mol. The number of hydrogen-bond acceptors (Lipinski definition) is 3. The lowest BCUT2D eigenvalue weighted by atomic mass is 10.5. The molecule has 0 aliphatic rings. The van der Waals surface area contributed by atoms with E-state index in [2.05, 4.69) is 4.74 Å². The molecule has 0 heterocycles. The highest BCUT2D eigenvalue weighted by atomic mass is 16.5. The average Bonchev–Trinajstić information content (AvgIpc) is 1.62. The summed E-state index contributed by atoms with van der Waals surface area (Å²) >= 11 is 0. The van der Waals surface area contributed by atoms with Crippen LogP contribution in [-0.2, 0) is 9.53 Å². The van der Waals surface area contributed by atoms with Gasteiger partial charge in [0.15, 0.2) is 0 Å². The number of ether oxygens (including phenoxy) is 1. The van der Waals surface area contributed by atoms with Gasteiger partial charge in [0.25, 0.3) is 6.47 Å². The van der Waals surface area contributed by atoms with E-state index in [9.17, 15) is 4.79 Å². The summed E-state index contributed by atoms with van der Waals surface area (Å²) in [7, 11) is 0. The predicted octanol–water partition coefficient (Wildman–Crippen LogP) is 0.130. The molecule has 4 heteroatoms. The SMILES string of the molecule is CC(C)O.CC(C)OC=O.O. The molecule has 0 unspecified atom stereocenters. The highest BCUT2D eigenvalue weighted by Gasteiger charge is 1.83. The lowest BCUT2D eigenvalue weighted by Gasteiger charge is -1.96. The van der Waals surface area contributed by atoms with Gasteiger partial charge in [-0.2, -0.15) is 0 Å². The summed E-state index contributed by atoms with van der Waals surface area (Å²) < 4.78 is 4.36. The first-order valence-electron chi connectivity index (χ1n) is 3.27. The first-order chi connectivity index (χ1) is 4.50. The Kier molecular flexibility index (Phi) is 18.5. The van der Waals surface area contributed by atoms with Gasteiger partial charge in [-0.05, 0) is 27.7 Å². The molecule has 0 saturated heterocycles. The standard InChI is InChI=1S/C4H8O2.C3H8O.H2O/c1-4(2)6-3-5;1-3(2)4;/h3-4H,1-2H3;3-4H,1-2H3;1H2. The summed E-state index contributed by atoms with van der Waals surface area (Å²) in [5.41, 5.74) is 0. The molecule has 0 amide bonds. The maximum Gasteiger partial charge on any atom is 0.293 e. The van der Waals surface area contributed by atoms with Crippen molar-refractivity contribution in [2.45, 2.75) is 39.9 Å². The smallest absolute Gasteiger partial charge is 0.293 e. The van der Waals surface area contributed by atoms with Crippen LogP contribution in [0.2, 0.25) is 0 Å². The van der Waals surface area contributed by atoms with E-state index >= 15 is 0 Å². The van der Waals surface area contributed by atoms with Gasteiger partial charge in [0.1, 0.15) is 0 Å². The molecule has 11 heavy (non-hydrogen) atoms. The summed E-state index contributed by atoms with van der Waals surface area (Å²) in [5, 5.41) is 8.06. The molecule has 0 aromatic heterocycles. The van der Waals surface area contributed by atoms with Crippen molar-refractivity contribution in [3.63, 3.8) is 0 Å². The second kappa shape index (κ2) is 12.1. The molecule has 0 aromatic rings. The van der Waals surface area contributed by atoms with E-state index in [-0.39, 0.29) is 17.7 Å². The molecular weight excluding hydrogens is 148 g/mol. The summed E-state index contributed by atoms with van der Waals surface area (Å²) in [4.78, 5) is 9.39. The molecule has 0 aromatic carbocycles. The third-order valence-corrected chi connectivity index (χ3v) is 0.328. The molecule has 0 aliphatic carbocycles. The van der Waals surface area contributed by atoms with Crippen molar-refractivity contribution < 1.29 is 20.1 Å². The quantitative estimate of drug-likeness (QED) is 0.592. The normalized spacial score (nSPS) is 7.91. The minimum atomic E-state index is -0.167. The lowest BCUT2D eigenvalue weighted by molar-refractivity contribution is -0.131. The Balaban J connectivity index is -0.000000114. The zero-order chi connectivity index (χ0) is 8.57. The van der Waals surface area contributed by atoms with Crippen molar-refractivity contribution in [1.29, 1.82) is 0 Å². The molecule has 0 atom stereocenters. The van der Waals surface area contributed by atoms with E-state index in [1.165, 1.54) is 0 Å². The molecule has 0 rings (SSSR count). The van der Waals surface area contributed by atoms with Crippen molar-refractivity contribution in [3.05, 3.63) is 0 Å². The Labute approximate surface area is 67.5 Å². The van der Waals surface area contributed by atoms with E-state index in [4.69, 9.17) is 5.11 Å². The van der Waals surface area contributed by atoms with Gasteiger partial charge >= 0.3 is 0 Å². The number of carbonyl (C=O) groups is 1. The van der Waals surface area contributed by atoms with Crippen molar-refractivity contribution in [2.75, 3.05) is 0 Å². The fraction of sp³-hybridized carbons (Fsp3) is 0.857. The molecule has 3 N–H and O–H groups in total. The van der Waals surface area contributed by atoms with E-state index in [0.717, 1.165) is 0 Å². The van der Waals surface area contributed by atoms with Crippen molar-refractivity contribution in [3.8, 4) is 0 Å². The highest BCUT2D eigenvalue weighted by Crippen LogP contribution is 1.79. The van der Waals surface area contributed by atoms with E-state index in [0.29, 0.717) is 6.47 Å². The Morgan fingerprint density at radius 2 is 1.55 bits per heavy atom. The van der Waals surface area contributed by atoms with Gasteiger partial charge in [-0.1, -0.05) is 0 Å². The molecule has 0 radical (unpaired) electrons. The van der Waals surface area contributed by atoms with Crippen LogP contribution in [0.3, 0.4) is 0 Å². The predicted molar refractivity (Wildman–Crippen MR) is 43.3 cm³/mol. The fourth-order valence-electron chi connectivity index (χ4n) is 0.111. The van der Waals surface area contributed by atoms with Crippen molar-refractivity contribution in [1.82, 2.24) is 0 Å². The third kappa shape index (κ3) is 89.8. The van der Waals surface area contributed by atoms with Gasteiger partial charge in [0.05, 0.1) is 6.10 Å². The third-order valence-electron chi connectivity index (χ3n) is 0.328. The minimum absolute atomic E-state index is 0. The molecule has 4 nitrogen and oxygen atoms in total. The maximum atomic E-state index is 9.39. The summed E-state index contributed by atoms with van der Waals surface area (Å²) in [6.45, 7) is 7.49. The Morgan fingerprint density at radius 3 is 1.55 bits per heavy atom. The number of carbonyl (C=O) groups excluding carboxylic acids is 1. The zero-order valence-corrected chi connectivity index (χ0v) is 7.50. The van der Waals surface area contributed by atoms with Crippen molar-refractivity contribution in [2.24, 2.45) is 0 Å². The fourth-order valence-corrected chi connectivity index (χ4v) is 0.111. The van der Waals surface area contributed by atoms with Crippen LogP contribution in [0, 0.1) is 0 Å². The maximum absolute atomic E-state index is 9.39. The minimum Gasteiger partial charge on any atom is -0.465 e. The largest absolute Gasteiger partial charge is 0.465 e. The number of rotatable bonds is 2. The molecule has 0 bridgehead atoms. The second-order valence-electron chi connectivity index (χ2n) is 2.37. The number of aliphatic hydroxyl groups excluding tert-OH is 1. The molecule has 0 fully saturated rings. The van der Waals surface area contributed by atoms with Crippen LogP contribution >= 0.6 is 0 Å². The number of hydrogen-bond donors (Lipinski definition) is 1. The lowest BCUT2D eigenvalue weighted by Crippen LogP contribution is -1.98. The molecular formula is C7H18O4. The number of aliphatic hydroxyl groups is 1. The van der Waals surface area contributed by atoms with Crippen molar-refractivity contribution >= 4 is 6.47 Å². The van der Waals surface area contributed by atoms with Gasteiger partial charge < -0.3 is 15.3 Å². The molecule has 0 saturated carbocycles. The monoisotopic (exact) mass is 166 g/mol. The van der Waals surface area contributed by atoms with Gasteiger partial charge in [-0.3, -0.25) is 4.79 Å². The van der Waals surface area contributed by atoms with Gasteiger partial charge in [-0.25, -0.2) is 0 Å². The molecule has 0 spiro atoms. The van der Waals surface area contributed by atoms with Gasteiger partial charge in [-0.15, -0.1) is 0 Å². The zero-order valence-electron chi connectivity index (χ0n) is 7.50. The van der Waals surface area contributed by atoms with Gasteiger partial charge in [0, 0.05) is 6.10 Å². The Morgan fingerprint density at radius 1 is 1.27 bits per heavy atom. The van der Waals surface area contributed by atoms with Gasteiger partial charge in [0.2, 0.25) is 0 Å². The highest BCUT2D eigenvalue weighted by molar-refractivity contribution is 5.37. The first-order valence-corrected chi connectivity index (χ1v) is 3.27. The van der Waals surface area contributed by atoms with E-state index < -0.39 is 0 Å². The van der Waals surface area contributed by atoms with Crippen LogP contribution in [0.25, 0.3) is 0 Å². The van der Waals surface area contributed by atoms with Crippen LogP contribution in [0.1, 0.15) is 27.7 Å². The van der Waals surface area contributed by atoms with Crippen LogP contribution < -0.4 is 0 Å². The summed E-state index contributed by atoms with van der Waals surface area (Å²) in [6.07, 6.45) is -0.137.